The van der Waals surface area contributed by atoms with E-state index in [1.807, 2.05) is 6.07 Å². The van der Waals surface area contributed by atoms with Crippen LogP contribution in [0.5, 0.6) is 5.75 Å². The molecule has 1 rings (SSSR count). The Kier molecular flexibility index (Phi) is 16.8. The van der Waals surface area contributed by atoms with Crippen LogP contribution in [0.2, 0.25) is 0 Å². The van der Waals surface area contributed by atoms with Gasteiger partial charge in [-0.15, -0.1) is 0 Å². The molecule has 0 spiro atoms. The molecule has 1 aromatic carbocycles. The Bertz CT molecular complexity index is 502. The van der Waals surface area contributed by atoms with Crippen molar-refractivity contribution < 1.29 is 34.8 Å². The molecule has 0 aromatic heterocycles. The fourth-order valence-electron chi connectivity index (χ4n) is 1.92. The highest BCUT2D eigenvalue weighted by Gasteiger charge is 2.00. The third-order valence-corrected chi connectivity index (χ3v) is 3.31. The largest absolute Gasteiger partial charge is 0.478 e. The number of hydrogen-bond acceptors (Lipinski definition) is 6. The molecule has 0 radical (unpaired) electrons. The number of benzene rings is 1. The van der Waals surface area contributed by atoms with E-state index in [1.165, 1.54) is 38.5 Å². The van der Waals surface area contributed by atoms with Crippen molar-refractivity contribution in [1.29, 1.82) is 0 Å². The van der Waals surface area contributed by atoms with Gasteiger partial charge >= 0.3 is 5.97 Å². The molecule has 0 atom stereocenters. The molecule has 7 nitrogen and oxygen atoms in total. The average Bonchev–Trinajstić information content (AvgIpc) is 2.68. The molecule has 1 aromatic rings. The minimum atomic E-state index is -0.981. The number of allylic oxidation sites excluding steroid dienone is 1. The van der Waals surface area contributed by atoms with Crippen LogP contribution in [0.1, 0.15) is 58.3 Å². The van der Waals surface area contributed by atoms with Crippen LogP contribution in [0.3, 0.4) is 0 Å². The van der Waals surface area contributed by atoms with Gasteiger partial charge in [0, 0.05) is 27.6 Å². The number of unbranched alkanes of at least 4 members (excludes halogenated alkanes) is 6. The molecular weight excluding hydrogens is 352 g/mol. The maximum Gasteiger partial charge on any atom is 0.327 e. The first kappa shape index (κ1) is 24.7. The molecule has 0 saturated carbocycles. The molecule has 7 heteroatoms. The van der Waals surface area contributed by atoms with Gasteiger partial charge in [-0.3, -0.25) is 0 Å². The standard InChI is InChI=1S/C17H26O5.C3H4O2/c1-3-4-5-6-7-8-10-13-16(2)18-20-22-21-19-17-14-11-9-12-15-17;1-2-3(4)5/h9,11-12,14-15H,2-8,10,13H2,1H3;2H,1H2,(H,4,5). The molecule has 152 valence electrons. The summed E-state index contributed by atoms with van der Waals surface area (Å²) in [4.78, 5) is 18.8. The molecule has 0 aliphatic rings. The summed E-state index contributed by atoms with van der Waals surface area (Å²) in [7, 11) is 0. The lowest BCUT2D eigenvalue weighted by molar-refractivity contribution is -0.684. The van der Waals surface area contributed by atoms with Gasteiger partial charge in [-0.25, -0.2) is 4.79 Å². The van der Waals surface area contributed by atoms with Crippen molar-refractivity contribution in [2.45, 2.75) is 58.3 Å². The van der Waals surface area contributed by atoms with Crippen LogP contribution < -0.4 is 4.89 Å². The van der Waals surface area contributed by atoms with Crippen LogP contribution in [-0.4, -0.2) is 11.1 Å². The lowest BCUT2D eigenvalue weighted by atomic mass is 10.1. The van der Waals surface area contributed by atoms with Gasteiger partial charge in [0.1, 0.15) is 5.76 Å². The van der Waals surface area contributed by atoms with Crippen LogP contribution in [0.25, 0.3) is 0 Å². The van der Waals surface area contributed by atoms with E-state index in [9.17, 15) is 4.79 Å². The van der Waals surface area contributed by atoms with Crippen molar-refractivity contribution in [2.75, 3.05) is 0 Å². The van der Waals surface area contributed by atoms with Gasteiger partial charge in [-0.05, 0) is 18.6 Å². The Morgan fingerprint density at radius 1 is 1.00 bits per heavy atom. The van der Waals surface area contributed by atoms with E-state index >= 15 is 0 Å². The highest BCUT2D eigenvalue weighted by molar-refractivity contribution is 5.78. The second-order valence-electron chi connectivity index (χ2n) is 5.64. The fourth-order valence-corrected chi connectivity index (χ4v) is 1.92. The van der Waals surface area contributed by atoms with Gasteiger partial charge in [0.05, 0.1) is 0 Å². The Labute approximate surface area is 160 Å². The zero-order chi connectivity index (χ0) is 20.2. The number of carbonyl (C=O) groups is 1. The van der Waals surface area contributed by atoms with E-state index in [0.717, 1.165) is 18.9 Å². The van der Waals surface area contributed by atoms with Crippen LogP contribution >= 0.6 is 0 Å². The van der Waals surface area contributed by atoms with Crippen LogP contribution in [0.15, 0.2) is 55.3 Å². The van der Waals surface area contributed by atoms with Crippen LogP contribution in [-0.2, 0) is 24.8 Å². The van der Waals surface area contributed by atoms with Crippen molar-refractivity contribution >= 4 is 5.97 Å². The number of aliphatic carboxylic acids is 1. The first-order valence-corrected chi connectivity index (χ1v) is 9.02. The Morgan fingerprint density at radius 2 is 1.59 bits per heavy atom. The molecule has 27 heavy (non-hydrogen) atoms. The Hall–Kier alpha value is -2.35. The minimum Gasteiger partial charge on any atom is -0.478 e. The van der Waals surface area contributed by atoms with Crippen molar-refractivity contribution in [2.24, 2.45) is 0 Å². The summed E-state index contributed by atoms with van der Waals surface area (Å²) in [5, 5.41) is 20.6. The Morgan fingerprint density at radius 3 is 2.19 bits per heavy atom. The minimum absolute atomic E-state index is 0.494. The maximum atomic E-state index is 9.25. The van der Waals surface area contributed by atoms with E-state index in [1.54, 1.807) is 24.3 Å². The molecule has 0 amide bonds. The number of para-hydroxylation sites is 1. The van der Waals surface area contributed by atoms with Gasteiger partial charge < -0.3 is 14.9 Å². The second-order valence-corrected chi connectivity index (χ2v) is 5.64. The van der Waals surface area contributed by atoms with Gasteiger partial charge in [0.15, 0.2) is 5.75 Å². The summed E-state index contributed by atoms with van der Waals surface area (Å²) in [5.74, 6) is 0.00914. The quantitative estimate of drug-likeness (QED) is 0.137. The van der Waals surface area contributed by atoms with Crippen LogP contribution in [0, 0.1) is 0 Å². The number of hydrogen-bond donors (Lipinski definition) is 1. The predicted octanol–water partition coefficient (Wildman–Crippen LogP) is 5.70. The van der Waals surface area contributed by atoms with Crippen molar-refractivity contribution in [1.82, 2.24) is 0 Å². The van der Waals surface area contributed by atoms with Crippen molar-refractivity contribution in [3.8, 4) is 5.75 Å². The van der Waals surface area contributed by atoms with Crippen LogP contribution in [0.4, 0.5) is 0 Å². The van der Waals surface area contributed by atoms with Gasteiger partial charge in [-0.1, -0.05) is 76.8 Å². The average molecular weight is 382 g/mol. The van der Waals surface area contributed by atoms with Gasteiger partial charge in [0.25, 0.3) is 0 Å². The summed E-state index contributed by atoms with van der Waals surface area (Å²) in [6, 6.07) is 8.90. The molecule has 0 unspecified atom stereocenters. The summed E-state index contributed by atoms with van der Waals surface area (Å²) < 4.78 is 0. The first-order valence-electron chi connectivity index (χ1n) is 9.02. The normalized spacial score (nSPS) is 9.67. The zero-order valence-electron chi connectivity index (χ0n) is 15.9. The summed E-state index contributed by atoms with van der Waals surface area (Å²) in [6.45, 7) is 8.92. The molecular formula is C20H30O7. The number of rotatable bonds is 15. The lowest BCUT2D eigenvalue weighted by Gasteiger charge is -2.05. The highest BCUT2D eigenvalue weighted by atomic mass is 17.8. The smallest absolute Gasteiger partial charge is 0.327 e. The fraction of sp³-hybridized carbons (Fsp3) is 0.450. The maximum absolute atomic E-state index is 9.25. The Balaban J connectivity index is 0.00000119. The number of carboxylic acids is 1. The predicted molar refractivity (Wildman–Crippen MR) is 101 cm³/mol. The summed E-state index contributed by atoms with van der Waals surface area (Å²) >= 11 is 0. The molecule has 0 heterocycles. The number of carboxylic acid groups (broad SMARTS) is 1. The van der Waals surface area contributed by atoms with Gasteiger partial charge in [0.2, 0.25) is 0 Å². The van der Waals surface area contributed by atoms with E-state index in [-0.39, 0.29) is 0 Å². The third kappa shape index (κ3) is 18.2. The molecule has 0 aliphatic carbocycles. The molecule has 0 aliphatic heterocycles. The van der Waals surface area contributed by atoms with Crippen molar-refractivity contribution in [3.05, 3.63) is 55.3 Å². The highest BCUT2D eigenvalue weighted by Crippen LogP contribution is 2.13. The monoisotopic (exact) mass is 382 g/mol. The zero-order valence-corrected chi connectivity index (χ0v) is 15.9. The lowest BCUT2D eigenvalue weighted by Crippen LogP contribution is -2.01. The molecule has 0 bridgehead atoms. The van der Waals surface area contributed by atoms with E-state index in [4.69, 9.17) is 14.9 Å². The summed E-state index contributed by atoms with van der Waals surface area (Å²) in [5.41, 5.74) is 0. The molecule has 1 N–H and O–H groups in total. The molecule has 0 saturated heterocycles. The van der Waals surface area contributed by atoms with Gasteiger partial charge in [-0.2, -0.15) is 0 Å². The topological polar surface area (TPSA) is 83.5 Å². The SMILES string of the molecule is C=C(CCCCCCCCC)OOOOOc1ccccc1.C=CC(=O)O. The van der Waals surface area contributed by atoms with Crippen molar-refractivity contribution in [3.63, 3.8) is 0 Å². The second kappa shape index (κ2) is 18.4. The van der Waals surface area contributed by atoms with E-state index in [0.29, 0.717) is 11.5 Å². The molecule has 0 fully saturated rings. The third-order valence-electron chi connectivity index (χ3n) is 3.31. The van der Waals surface area contributed by atoms with E-state index < -0.39 is 5.97 Å². The first-order chi connectivity index (χ1) is 13.1. The summed E-state index contributed by atoms with van der Waals surface area (Å²) in [6.07, 6.45) is 10.2. The van der Waals surface area contributed by atoms with E-state index in [2.05, 4.69) is 35.2 Å².